The number of carbonyl (C=O) groups is 1. The number of carbonyl (C=O) groups excluding carboxylic acids is 1. The molecule has 2 rings (SSSR count). The van der Waals surface area contributed by atoms with Crippen LogP contribution in [0.25, 0.3) is 0 Å². The lowest BCUT2D eigenvalue weighted by molar-refractivity contribution is 0.0948. The monoisotopic (exact) mass is 339 g/mol. The van der Waals surface area contributed by atoms with E-state index in [9.17, 15) is 13.6 Å². The summed E-state index contributed by atoms with van der Waals surface area (Å²) in [5.41, 5.74) is -0.142. The molecule has 122 valence electrons. The van der Waals surface area contributed by atoms with Gasteiger partial charge in [-0.1, -0.05) is 17.7 Å². The molecule has 0 saturated heterocycles. The Morgan fingerprint density at radius 2 is 1.83 bits per heavy atom. The lowest BCUT2D eigenvalue weighted by atomic mass is 10.2. The Morgan fingerprint density at radius 3 is 2.52 bits per heavy atom. The maximum absolute atomic E-state index is 13.6. The first-order chi connectivity index (χ1) is 11.1. The predicted molar refractivity (Wildman–Crippen MR) is 84.9 cm³/mol. The minimum Gasteiger partial charge on any atom is -0.494 e. The molecule has 6 heteroatoms. The fourth-order valence-electron chi connectivity index (χ4n) is 1.95. The first-order valence-electron chi connectivity index (χ1n) is 7.18. The largest absolute Gasteiger partial charge is 0.494 e. The van der Waals surface area contributed by atoms with Crippen LogP contribution in [0.3, 0.4) is 0 Å². The van der Waals surface area contributed by atoms with Gasteiger partial charge in [0.1, 0.15) is 17.4 Å². The van der Waals surface area contributed by atoms with Crippen LogP contribution in [0.4, 0.5) is 8.78 Å². The first kappa shape index (κ1) is 17.2. The highest BCUT2D eigenvalue weighted by Gasteiger charge is 2.14. The molecular weight excluding hydrogens is 324 g/mol. The minimum atomic E-state index is -0.644. The summed E-state index contributed by atoms with van der Waals surface area (Å²) in [6, 6.07) is 9.87. The van der Waals surface area contributed by atoms with Crippen molar-refractivity contribution in [1.29, 1.82) is 0 Å². The van der Waals surface area contributed by atoms with E-state index in [1.54, 1.807) is 12.1 Å². The van der Waals surface area contributed by atoms with Crippen molar-refractivity contribution < 1.29 is 18.3 Å². The number of hydrogen-bond acceptors (Lipinski definition) is 2. The molecular formula is C17H16ClF2NO2. The van der Waals surface area contributed by atoms with Gasteiger partial charge in [0.2, 0.25) is 0 Å². The SMILES string of the molecule is O=C(NCCCCOc1ccc(F)cc1)c1c(F)cccc1Cl. The molecule has 0 atom stereocenters. The first-order valence-corrected chi connectivity index (χ1v) is 7.56. The summed E-state index contributed by atoms with van der Waals surface area (Å²) in [4.78, 5) is 11.9. The summed E-state index contributed by atoms with van der Waals surface area (Å²) in [6.07, 6.45) is 1.36. The highest BCUT2D eigenvalue weighted by molar-refractivity contribution is 6.33. The molecule has 0 saturated carbocycles. The van der Waals surface area contributed by atoms with Gasteiger partial charge < -0.3 is 10.1 Å². The van der Waals surface area contributed by atoms with Crippen molar-refractivity contribution in [2.75, 3.05) is 13.2 Å². The molecule has 2 aromatic carbocycles. The number of unbranched alkanes of at least 4 members (excludes halogenated alkanes) is 1. The second kappa shape index (κ2) is 8.48. The van der Waals surface area contributed by atoms with Crippen molar-refractivity contribution in [3.63, 3.8) is 0 Å². The summed E-state index contributed by atoms with van der Waals surface area (Å²) < 4.78 is 31.7. The van der Waals surface area contributed by atoms with Gasteiger partial charge in [0.05, 0.1) is 17.2 Å². The zero-order valence-corrected chi connectivity index (χ0v) is 13.1. The van der Waals surface area contributed by atoms with E-state index in [4.69, 9.17) is 16.3 Å². The number of ether oxygens (including phenoxy) is 1. The number of amides is 1. The molecule has 0 unspecified atom stereocenters. The lowest BCUT2D eigenvalue weighted by Gasteiger charge is -2.08. The third-order valence-electron chi connectivity index (χ3n) is 3.13. The van der Waals surface area contributed by atoms with Gasteiger partial charge in [0, 0.05) is 6.54 Å². The Bertz CT molecular complexity index is 642. The Kier molecular flexibility index (Phi) is 6.35. The van der Waals surface area contributed by atoms with Gasteiger partial charge in [-0.3, -0.25) is 4.79 Å². The van der Waals surface area contributed by atoms with Crippen molar-refractivity contribution >= 4 is 17.5 Å². The lowest BCUT2D eigenvalue weighted by Crippen LogP contribution is -2.26. The van der Waals surface area contributed by atoms with Gasteiger partial charge in [0.15, 0.2) is 0 Å². The average Bonchev–Trinajstić information content (AvgIpc) is 2.52. The van der Waals surface area contributed by atoms with Crippen LogP contribution in [-0.2, 0) is 0 Å². The van der Waals surface area contributed by atoms with Gasteiger partial charge in [-0.25, -0.2) is 8.78 Å². The van der Waals surface area contributed by atoms with Crippen LogP contribution in [0, 0.1) is 11.6 Å². The summed E-state index contributed by atoms with van der Waals surface area (Å²) in [5.74, 6) is -0.900. The zero-order chi connectivity index (χ0) is 16.7. The molecule has 0 aliphatic heterocycles. The third-order valence-corrected chi connectivity index (χ3v) is 3.44. The van der Waals surface area contributed by atoms with Gasteiger partial charge in [-0.05, 0) is 49.2 Å². The van der Waals surface area contributed by atoms with Crippen LogP contribution in [0.5, 0.6) is 5.75 Å². The van der Waals surface area contributed by atoms with Gasteiger partial charge in [-0.2, -0.15) is 0 Å². The number of nitrogens with one attached hydrogen (secondary N) is 1. The molecule has 3 nitrogen and oxygen atoms in total. The maximum Gasteiger partial charge on any atom is 0.255 e. The Morgan fingerprint density at radius 1 is 1.09 bits per heavy atom. The molecule has 0 aliphatic rings. The van der Waals surface area contributed by atoms with E-state index in [1.165, 1.54) is 30.3 Å². The van der Waals surface area contributed by atoms with Gasteiger partial charge in [0.25, 0.3) is 5.91 Å². The summed E-state index contributed by atoms with van der Waals surface area (Å²) >= 11 is 5.82. The smallest absolute Gasteiger partial charge is 0.255 e. The van der Waals surface area contributed by atoms with E-state index < -0.39 is 11.7 Å². The minimum absolute atomic E-state index is 0.0853. The number of hydrogen-bond donors (Lipinski definition) is 1. The molecule has 0 bridgehead atoms. The fourth-order valence-corrected chi connectivity index (χ4v) is 2.20. The zero-order valence-electron chi connectivity index (χ0n) is 12.3. The summed E-state index contributed by atoms with van der Waals surface area (Å²) in [5, 5.41) is 2.70. The van der Waals surface area contributed by atoms with E-state index in [1.807, 2.05) is 0 Å². The van der Waals surface area contributed by atoms with Gasteiger partial charge >= 0.3 is 0 Å². The normalized spacial score (nSPS) is 10.4. The third kappa shape index (κ3) is 5.21. The molecule has 0 fully saturated rings. The van der Waals surface area contributed by atoms with E-state index in [0.717, 1.165) is 0 Å². The highest BCUT2D eigenvalue weighted by atomic mass is 35.5. The summed E-state index contributed by atoms with van der Waals surface area (Å²) in [6.45, 7) is 0.832. The number of rotatable bonds is 7. The second-order valence-electron chi connectivity index (χ2n) is 4.86. The van der Waals surface area contributed by atoms with E-state index >= 15 is 0 Å². The Balaban J connectivity index is 1.67. The molecule has 2 aromatic rings. The molecule has 0 radical (unpaired) electrons. The van der Waals surface area contributed by atoms with Gasteiger partial charge in [-0.15, -0.1) is 0 Å². The van der Waals surface area contributed by atoms with Crippen molar-refractivity contribution in [3.8, 4) is 5.75 Å². The van der Waals surface area contributed by atoms with Crippen molar-refractivity contribution in [1.82, 2.24) is 5.32 Å². The highest BCUT2D eigenvalue weighted by Crippen LogP contribution is 2.18. The van der Waals surface area contributed by atoms with E-state index in [0.29, 0.717) is 31.7 Å². The molecule has 1 N–H and O–H groups in total. The quantitative estimate of drug-likeness (QED) is 0.767. The Hall–Kier alpha value is -2.14. The van der Waals surface area contributed by atoms with Crippen molar-refractivity contribution in [3.05, 3.63) is 64.7 Å². The molecule has 0 aromatic heterocycles. The second-order valence-corrected chi connectivity index (χ2v) is 5.27. The van der Waals surface area contributed by atoms with Crippen molar-refractivity contribution in [2.24, 2.45) is 0 Å². The topological polar surface area (TPSA) is 38.3 Å². The standard InChI is InChI=1S/C17H16ClF2NO2/c18-14-4-3-5-15(20)16(14)17(22)21-10-1-2-11-23-13-8-6-12(19)7-9-13/h3-9H,1-2,10-11H2,(H,21,22). The number of halogens is 3. The van der Waals surface area contributed by atoms with Crippen LogP contribution in [0.15, 0.2) is 42.5 Å². The van der Waals surface area contributed by atoms with E-state index in [-0.39, 0.29) is 16.4 Å². The predicted octanol–water partition coefficient (Wildman–Crippen LogP) is 4.21. The van der Waals surface area contributed by atoms with Crippen LogP contribution in [0.2, 0.25) is 5.02 Å². The van der Waals surface area contributed by atoms with Crippen LogP contribution < -0.4 is 10.1 Å². The molecule has 0 aliphatic carbocycles. The number of benzene rings is 2. The molecule has 23 heavy (non-hydrogen) atoms. The maximum atomic E-state index is 13.6. The van der Waals surface area contributed by atoms with Crippen molar-refractivity contribution in [2.45, 2.75) is 12.8 Å². The van der Waals surface area contributed by atoms with Crippen LogP contribution in [-0.4, -0.2) is 19.1 Å². The molecule has 0 heterocycles. The Labute approximate surface area is 138 Å². The summed E-state index contributed by atoms with van der Waals surface area (Å²) in [7, 11) is 0. The van der Waals surface area contributed by atoms with Crippen LogP contribution >= 0.6 is 11.6 Å². The molecule has 1 amide bonds. The van der Waals surface area contributed by atoms with Crippen LogP contribution in [0.1, 0.15) is 23.2 Å². The molecule has 0 spiro atoms. The average molecular weight is 340 g/mol. The fraction of sp³-hybridized carbons (Fsp3) is 0.235. The van der Waals surface area contributed by atoms with E-state index in [2.05, 4.69) is 5.32 Å².